The number of anilines is 1. The lowest BCUT2D eigenvalue weighted by Crippen LogP contribution is -2.06. The van der Waals surface area contributed by atoms with Crippen LogP contribution in [0.5, 0.6) is 0 Å². The summed E-state index contributed by atoms with van der Waals surface area (Å²) in [6.07, 6.45) is 3.88. The third-order valence-corrected chi connectivity index (χ3v) is 4.95. The average molecular weight is 356 g/mol. The number of imidazole rings is 1. The second-order valence-electron chi connectivity index (χ2n) is 6.95. The highest BCUT2D eigenvalue weighted by atomic mass is 15.1. The summed E-state index contributed by atoms with van der Waals surface area (Å²) in [6, 6.07) is 18.6. The number of hydrogen-bond donors (Lipinski definition) is 1. The minimum Gasteiger partial charge on any atom is -0.398 e. The Morgan fingerprint density at radius 1 is 1.00 bits per heavy atom. The van der Waals surface area contributed by atoms with Crippen LogP contribution < -0.4 is 5.73 Å². The van der Waals surface area contributed by atoms with E-state index in [2.05, 4.69) is 53.7 Å². The number of nitrogen functional groups attached to an aromatic ring is 1. The number of nitrogens with two attached hydrogens (primary N) is 1. The molecule has 4 aromatic rings. The number of rotatable bonds is 5. The number of nitrogens with zero attached hydrogens (tertiary/aromatic N) is 3. The molecule has 0 atom stereocenters. The van der Waals surface area contributed by atoms with E-state index < -0.39 is 0 Å². The predicted molar refractivity (Wildman–Crippen MR) is 112 cm³/mol. The van der Waals surface area contributed by atoms with Crippen molar-refractivity contribution in [3.63, 3.8) is 0 Å². The Morgan fingerprint density at radius 2 is 1.78 bits per heavy atom. The van der Waals surface area contributed by atoms with Crippen molar-refractivity contribution in [3.8, 4) is 11.1 Å². The Bertz CT molecular complexity index is 1080. The molecule has 136 valence electrons. The first-order chi connectivity index (χ1) is 13.2. The molecule has 2 N–H and O–H groups in total. The molecule has 0 aliphatic heterocycles. The third-order valence-electron chi connectivity index (χ3n) is 4.95. The van der Waals surface area contributed by atoms with E-state index in [0.717, 1.165) is 53.2 Å². The molecule has 0 radical (unpaired) electrons. The molecule has 0 fully saturated rings. The molecule has 4 rings (SSSR count). The normalized spacial score (nSPS) is 11.2. The summed E-state index contributed by atoms with van der Waals surface area (Å²) in [5, 5.41) is 0. The highest BCUT2D eigenvalue weighted by Crippen LogP contribution is 2.26. The topological polar surface area (TPSA) is 56.7 Å². The molecular formula is C23H24N4. The van der Waals surface area contributed by atoms with Crippen LogP contribution in [-0.2, 0) is 13.0 Å². The molecule has 27 heavy (non-hydrogen) atoms. The van der Waals surface area contributed by atoms with Crippen molar-refractivity contribution in [2.24, 2.45) is 0 Å². The van der Waals surface area contributed by atoms with E-state index >= 15 is 0 Å². The zero-order chi connectivity index (χ0) is 18.8. The van der Waals surface area contributed by atoms with E-state index in [1.165, 1.54) is 11.1 Å². The van der Waals surface area contributed by atoms with Gasteiger partial charge < -0.3 is 10.3 Å². The predicted octanol–water partition coefficient (Wildman–Crippen LogP) is 4.99. The molecular weight excluding hydrogens is 332 g/mol. The maximum atomic E-state index is 6.11. The molecule has 4 nitrogen and oxygen atoms in total. The number of benzene rings is 2. The van der Waals surface area contributed by atoms with Gasteiger partial charge in [-0.1, -0.05) is 49.4 Å². The lowest BCUT2D eigenvalue weighted by molar-refractivity contribution is 0.717. The molecule has 0 saturated carbocycles. The lowest BCUT2D eigenvalue weighted by atomic mass is 10.0. The fraction of sp³-hybridized carbons (Fsp3) is 0.217. The molecule has 0 saturated heterocycles. The van der Waals surface area contributed by atoms with E-state index in [0.29, 0.717) is 0 Å². The Morgan fingerprint density at radius 3 is 2.52 bits per heavy atom. The molecule has 2 aromatic carbocycles. The Balaban J connectivity index is 1.69. The molecule has 2 heterocycles. The molecule has 2 aromatic heterocycles. The maximum Gasteiger partial charge on any atom is 0.160 e. The highest BCUT2D eigenvalue weighted by molar-refractivity contribution is 5.77. The van der Waals surface area contributed by atoms with E-state index in [9.17, 15) is 0 Å². The summed E-state index contributed by atoms with van der Waals surface area (Å²) in [5.74, 6) is 1.10. The molecule has 0 unspecified atom stereocenters. The molecule has 0 amide bonds. The van der Waals surface area contributed by atoms with Crippen molar-refractivity contribution in [1.29, 1.82) is 0 Å². The van der Waals surface area contributed by atoms with Gasteiger partial charge >= 0.3 is 0 Å². The molecule has 4 heteroatoms. The number of hydrogen-bond acceptors (Lipinski definition) is 3. The summed E-state index contributed by atoms with van der Waals surface area (Å²) in [7, 11) is 0. The summed E-state index contributed by atoms with van der Waals surface area (Å²) < 4.78 is 2.25. The van der Waals surface area contributed by atoms with E-state index in [-0.39, 0.29) is 0 Å². The molecule has 0 spiro atoms. The van der Waals surface area contributed by atoms with Gasteiger partial charge in [0.05, 0.1) is 6.54 Å². The zero-order valence-electron chi connectivity index (χ0n) is 15.8. The minimum absolute atomic E-state index is 0.771. The van der Waals surface area contributed by atoms with Crippen LogP contribution in [0.25, 0.3) is 22.3 Å². The van der Waals surface area contributed by atoms with Crippen molar-refractivity contribution in [2.75, 3.05) is 5.73 Å². The number of pyridine rings is 1. The van der Waals surface area contributed by atoms with E-state index in [4.69, 9.17) is 10.7 Å². The quantitative estimate of drug-likeness (QED) is 0.513. The SMILES string of the molecule is CCCc1nc2c(C)ccnc2n1Cc1ccc(-c2ccccc2N)cc1. The summed E-state index contributed by atoms with van der Waals surface area (Å²) >= 11 is 0. The van der Waals surface area contributed by atoms with E-state index in [1.807, 2.05) is 30.5 Å². The molecule has 0 aliphatic carbocycles. The van der Waals surface area contributed by atoms with Crippen LogP contribution in [0.3, 0.4) is 0 Å². The minimum atomic E-state index is 0.771. The van der Waals surface area contributed by atoms with Crippen molar-refractivity contribution in [3.05, 3.63) is 77.7 Å². The van der Waals surface area contributed by atoms with Gasteiger partial charge in [0.15, 0.2) is 5.65 Å². The van der Waals surface area contributed by atoms with Crippen LogP contribution in [0.4, 0.5) is 5.69 Å². The first-order valence-electron chi connectivity index (χ1n) is 9.42. The summed E-state index contributed by atoms with van der Waals surface area (Å²) in [4.78, 5) is 9.46. The molecule has 0 aliphatic rings. The Kier molecular flexibility index (Phi) is 4.63. The largest absolute Gasteiger partial charge is 0.398 e. The maximum absolute atomic E-state index is 6.11. The van der Waals surface area contributed by atoms with Gasteiger partial charge in [-0.25, -0.2) is 9.97 Å². The van der Waals surface area contributed by atoms with Crippen molar-refractivity contribution < 1.29 is 0 Å². The highest BCUT2D eigenvalue weighted by Gasteiger charge is 2.13. The van der Waals surface area contributed by atoms with Crippen molar-refractivity contribution >= 4 is 16.9 Å². The van der Waals surface area contributed by atoms with Gasteiger partial charge in [0, 0.05) is 23.9 Å². The van der Waals surface area contributed by atoms with Gasteiger partial charge in [-0.15, -0.1) is 0 Å². The van der Waals surface area contributed by atoms with Crippen LogP contribution in [0, 0.1) is 6.92 Å². The average Bonchev–Trinajstić information content (AvgIpc) is 3.02. The standard InChI is InChI=1S/C23H24N4/c1-3-6-21-26-22-16(2)13-14-25-23(22)27(21)15-17-9-11-18(12-10-17)19-7-4-5-8-20(19)24/h4-5,7-14H,3,6,15,24H2,1-2H3. The fourth-order valence-electron chi connectivity index (χ4n) is 3.50. The second-order valence-corrected chi connectivity index (χ2v) is 6.95. The van der Waals surface area contributed by atoms with Gasteiger partial charge in [0.1, 0.15) is 11.3 Å². The summed E-state index contributed by atoms with van der Waals surface area (Å²) in [5.41, 5.74) is 13.5. The fourth-order valence-corrected chi connectivity index (χ4v) is 3.50. The first-order valence-corrected chi connectivity index (χ1v) is 9.42. The van der Waals surface area contributed by atoms with Gasteiger partial charge in [-0.2, -0.15) is 0 Å². The van der Waals surface area contributed by atoms with Gasteiger partial charge in [-0.3, -0.25) is 0 Å². The zero-order valence-corrected chi connectivity index (χ0v) is 15.8. The van der Waals surface area contributed by atoms with Crippen molar-refractivity contribution in [1.82, 2.24) is 14.5 Å². The van der Waals surface area contributed by atoms with Crippen LogP contribution in [-0.4, -0.2) is 14.5 Å². The van der Waals surface area contributed by atoms with Crippen LogP contribution >= 0.6 is 0 Å². The number of aromatic nitrogens is 3. The Labute approximate surface area is 159 Å². The monoisotopic (exact) mass is 356 g/mol. The van der Waals surface area contributed by atoms with Gasteiger partial charge in [0.2, 0.25) is 0 Å². The lowest BCUT2D eigenvalue weighted by Gasteiger charge is -2.10. The number of para-hydroxylation sites is 1. The first kappa shape index (κ1) is 17.3. The van der Waals surface area contributed by atoms with Crippen LogP contribution in [0.1, 0.15) is 30.3 Å². The Hall–Kier alpha value is -3.14. The van der Waals surface area contributed by atoms with Crippen LogP contribution in [0.15, 0.2) is 60.8 Å². The third kappa shape index (κ3) is 3.31. The van der Waals surface area contributed by atoms with Gasteiger partial charge in [0.25, 0.3) is 0 Å². The smallest absolute Gasteiger partial charge is 0.160 e. The van der Waals surface area contributed by atoms with E-state index in [1.54, 1.807) is 0 Å². The number of aryl methyl sites for hydroxylation is 2. The number of fused-ring (bicyclic) bond motifs is 1. The summed E-state index contributed by atoms with van der Waals surface area (Å²) in [6.45, 7) is 5.05. The molecule has 0 bridgehead atoms. The van der Waals surface area contributed by atoms with Gasteiger partial charge in [-0.05, 0) is 42.2 Å². The van der Waals surface area contributed by atoms with Crippen molar-refractivity contribution in [2.45, 2.75) is 33.2 Å². The van der Waals surface area contributed by atoms with Crippen LogP contribution in [0.2, 0.25) is 0 Å². The second kappa shape index (κ2) is 7.23.